The second kappa shape index (κ2) is 4.55. The van der Waals surface area contributed by atoms with E-state index in [0.29, 0.717) is 29.1 Å². The summed E-state index contributed by atoms with van der Waals surface area (Å²) in [4.78, 5) is 0. The largest absolute Gasteiger partial charge is 0.374 e. The van der Waals surface area contributed by atoms with Gasteiger partial charge in [-0.25, -0.2) is 0 Å². The summed E-state index contributed by atoms with van der Waals surface area (Å²) in [5.41, 5.74) is 0.851. The van der Waals surface area contributed by atoms with Gasteiger partial charge in [-0.1, -0.05) is 27.7 Å². The van der Waals surface area contributed by atoms with E-state index in [4.69, 9.17) is 4.74 Å². The van der Waals surface area contributed by atoms with Crippen LogP contribution >= 0.6 is 0 Å². The standard InChI is InChI=1S/C15H29NO/c1-14(2)8-6-11(7-9-14)17-13-10-12(16-5)15(13,3)4/h11-13,16H,6-10H2,1-5H3. The molecule has 2 atom stereocenters. The molecule has 2 fully saturated rings. The number of hydrogen-bond donors (Lipinski definition) is 1. The van der Waals surface area contributed by atoms with E-state index in [9.17, 15) is 0 Å². The van der Waals surface area contributed by atoms with Crippen molar-refractivity contribution in [2.75, 3.05) is 7.05 Å². The van der Waals surface area contributed by atoms with Gasteiger partial charge in [0.25, 0.3) is 0 Å². The lowest BCUT2D eigenvalue weighted by molar-refractivity contribution is -0.157. The fourth-order valence-electron chi connectivity index (χ4n) is 3.35. The fraction of sp³-hybridized carbons (Fsp3) is 1.00. The zero-order chi connectivity index (χ0) is 12.7. The van der Waals surface area contributed by atoms with Crippen LogP contribution in [0.2, 0.25) is 0 Å². The average Bonchev–Trinajstić information content (AvgIpc) is 2.25. The van der Waals surface area contributed by atoms with Gasteiger partial charge < -0.3 is 10.1 Å². The van der Waals surface area contributed by atoms with Crippen molar-refractivity contribution >= 4 is 0 Å². The Labute approximate surface area is 107 Å². The van der Waals surface area contributed by atoms with Crippen LogP contribution < -0.4 is 5.32 Å². The van der Waals surface area contributed by atoms with E-state index in [1.165, 1.54) is 32.1 Å². The predicted molar refractivity (Wildman–Crippen MR) is 72.2 cm³/mol. The quantitative estimate of drug-likeness (QED) is 0.815. The minimum Gasteiger partial charge on any atom is -0.374 e. The first-order valence-electron chi connectivity index (χ1n) is 7.18. The van der Waals surface area contributed by atoms with Gasteiger partial charge in [0.05, 0.1) is 12.2 Å². The summed E-state index contributed by atoms with van der Waals surface area (Å²) in [7, 11) is 2.06. The molecule has 0 aromatic carbocycles. The highest BCUT2D eigenvalue weighted by molar-refractivity contribution is 5.02. The molecule has 0 heterocycles. The molecule has 0 radical (unpaired) electrons. The average molecular weight is 239 g/mol. The van der Waals surface area contributed by atoms with Crippen LogP contribution in [-0.2, 0) is 4.74 Å². The summed E-state index contributed by atoms with van der Waals surface area (Å²) < 4.78 is 6.33. The molecule has 0 aromatic rings. The monoisotopic (exact) mass is 239 g/mol. The maximum atomic E-state index is 6.33. The Hall–Kier alpha value is -0.0800. The van der Waals surface area contributed by atoms with Gasteiger partial charge in [-0.3, -0.25) is 0 Å². The maximum Gasteiger partial charge on any atom is 0.0659 e. The zero-order valence-corrected chi connectivity index (χ0v) is 12.2. The van der Waals surface area contributed by atoms with E-state index in [-0.39, 0.29) is 0 Å². The van der Waals surface area contributed by atoms with Crippen LogP contribution in [0.15, 0.2) is 0 Å². The Balaban J connectivity index is 1.80. The van der Waals surface area contributed by atoms with E-state index in [2.05, 4.69) is 40.1 Å². The minimum atomic E-state index is 0.307. The molecule has 0 spiro atoms. The van der Waals surface area contributed by atoms with E-state index in [1.807, 2.05) is 0 Å². The Kier molecular flexibility index (Phi) is 3.57. The molecule has 100 valence electrons. The van der Waals surface area contributed by atoms with Crippen molar-refractivity contribution in [2.24, 2.45) is 10.8 Å². The Morgan fingerprint density at radius 2 is 1.65 bits per heavy atom. The molecule has 2 unspecified atom stereocenters. The predicted octanol–water partition coefficient (Wildman–Crippen LogP) is 3.36. The summed E-state index contributed by atoms with van der Waals surface area (Å²) in [6.07, 6.45) is 7.31. The molecule has 1 N–H and O–H groups in total. The topological polar surface area (TPSA) is 21.3 Å². The van der Waals surface area contributed by atoms with Gasteiger partial charge in [0, 0.05) is 11.5 Å². The van der Waals surface area contributed by atoms with Crippen LogP contribution in [0.5, 0.6) is 0 Å². The highest BCUT2D eigenvalue weighted by Crippen LogP contribution is 2.45. The van der Waals surface area contributed by atoms with Gasteiger partial charge in [-0.15, -0.1) is 0 Å². The van der Waals surface area contributed by atoms with E-state index < -0.39 is 0 Å². The molecule has 2 rings (SSSR count). The number of hydrogen-bond acceptors (Lipinski definition) is 2. The van der Waals surface area contributed by atoms with Crippen molar-refractivity contribution < 1.29 is 4.74 Å². The van der Waals surface area contributed by atoms with Gasteiger partial charge in [0.2, 0.25) is 0 Å². The third-order valence-corrected chi connectivity index (χ3v) is 5.17. The van der Waals surface area contributed by atoms with E-state index >= 15 is 0 Å². The lowest BCUT2D eigenvalue weighted by Crippen LogP contribution is -2.60. The summed E-state index contributed by atoms with van der Waals surface area (Å²) in [6.45, 7) is 9.42. The molecule has 2 aliphatic rings. The van der Waals surface area contributed by atoms with Gasteiger partial charge >= 0.3 is 0 Å². The summed E-state index contributed by atoms with van der Waals surface area (Å²) >= 11 is 0. The van der Waals surface area contributed by atoms with Crippen molar-refractivity contribution in [1.29, 1.82) is 0 Å². The van der Waals surface area contributed by atoms with Gasteiger partial charge in [0.1, 0.15) is 0 Å². The van der Waals surface area contributed by atoms with Crippen molar-refractivity contribution in [1.82, 2.24) is 5.32 Å². The van der Waals surface area contributed by atoms with Gasteiger partial charge in [-0.2, -0.15) is 0 Å². The SMILES string of the molecule is CNC1CC(OC2CCC(C)(C)CC2)C1(C)C. The second-order valence-electron chi connectivity index (χ2n) is 7.39. The molecule has 2 nitrogen and oxygen atoms in total. The zero-order valence-electron chi connectivity index (χ0n) is 12.2. The van der Waals surface area contributed by atoms with Crippen LogP contribution in [0.1, 0.15) is 59.8 Å². The van der Waals surface area contributed by atoms with Gasteiger partial charge in [-0.05, 0) is 44.6 Å². The van der Waals surface area contributed by atoms with Crippen molar-refractivity contribution in [3.8, 4) is 0 Å². The van der Waals surface area contributed by atoms with Crippen LogP contribution in [0.4, 0.5) is 0 Å². The first-order valence-corrected chi connectivity index (χ1v) is 7.18. The summed E-state index contributed by atoms with van der Waals surface area (Å²) in [6, 6.07) is 0.632. The van der Waals surface area contributed by atoms with Crippen LogP contribution in [-0.4, -0.2) is 25.3 Å². The Bertz CT molecular complexity index is 262. The van der Waals surface area contributed by atoms with Crippen LogP contribution in [0.3, 0.4) is 0 Å². The Morgan fingerprint density at radius 1 is 1.06 bits per heavy atom. The first kappa shape index (κ1) is 13.4. The number of nitrogens with one attached hydrogen (secondary N) is 1. The molecule has 2 saturated carbocycles. The number of ether oxygens (including phenoxy) is 1. The molecule has 2 aliphatic carbocycles. The molecule has 17 heavy (non-hydrogen) atoms. The lowest BCUT2D eigenvalue weighted by atomic mass is 9.64. The van der Waals surface area contributed by atoms with E-state index in [0.717, 1.165) is 0 Å². The van der Waals surface area contributed by atoms with Crippen molar-refractivity contribution in [3.05, 3.63) is 0 Å². The van der Waals surface area contributed by atoms with Crippen LogP contribution in [0, 0.1) is 10.8 Å². The smallest absolute Gasteiger partial charge is 0.0659 e. The van der Waals surface area contributed by atoms with Crippen molar-refractivity contribution in [2.45, 2.75) is 78.0 Å². The summed E-state index contributed by atoms with van der Waals surface area (Å²) in [5.74, 6) is 0. The Morgan fingerprint density at radius 3 is 2.12 bits per heavy atom. The molecule has 0 bridgehead atoms. The van der Waals surface area contributed by atoms with Crippen LogP contribution in [0.25, 0.3) is 0 Å². The molecular formula is C15H29NO. The highest BCUT2D eigenvalue weighted by atomic mass is 16.5. The first-order chi connectivity index (χ1) is 7.85. The molecule has 0 aliphatic heterocycles. The third-order valence-electron chi connectivity index (χ3n) is 5.17. The second-order valence-corrected chi connectivity index (χ2v) is 7.39. The normalized spacial score (nSPS) is 36.5. The van der Waals surface area contributed by atoms with E-state index in [1.54, 1.807) is 0 Å². The lowest BCUT2D eigenvalue weighted by Gasteiger charge is -2.53. The molecule has 0 amide bonds. The summed E-state index contributed by atoms with van der Waals surface area (Å²) in [5, 5.41) is 3.39. The minimum absolute atomic E-state index is 0.307. The fourth-order valence-corrected chi connectivity index (χ4v) is 3.35. The molecule has 2 heteroatoms. The number of rotatable bonds is 3. The maximum absolute atomic E-state index is 6.33. The van der Waals surface area contributed by atoms with Gasteiger partial charge in [0.15, 0.2) is 0 Å². The van der Waals surface area contributed by atoms with Crippen molar-refractivity contribution in [3.63, 3.8) is 0 Å². The molecule has 0 aromatic heterocycles. The molecule has 0 saturated heterocycles. The molecular weight excluding hydrogens is 210 g/mol. The highest BCUT2D eigenvalue weighted by Gasteiger charge is 2.49. The third kappa shape index (κ3) is 2.68.